The summed E-state index contributed by atoms with van der Waals surface area (Å²) in [4.78, 5) is 18.9. The first kappa shape index (κ1) is 45.0. The minimum Gasteiger partial charge on any atom is -0.388 e. The molecule has 1 aromatic carbocycles. The highest BCUT2D eigenvalue weighted by molar-refractivity contribution is 7.89. The van der Waals surface area contributed by atoms with E-state index in [0.717, 1.165) is 43.5 Å². The van der Waals surface area contributed by atoms with Crippen LogP contribution < -0.4 is 11.1 Å². The van der Waals surface area contributed by atoms with E-state index >= 15 is 0 Å². The predicted octanol–water partition coefficient (Wildman–Crippen LogP) is 4.89. The monoisotopic (exact) mass is 550 g/mol. The van der Waals surface area contributed by atoms with E-state index in [0.29, 0.717) is 0 Å². The van der Waals surface area contributed by atoms with Gasteiger partial charge in [0.2, 0.25) is 11.8 Å². The summed E-state index contributed by atoms with van der Waals surface area (Å²) in [5.41, 5.74) is 5.79. The molecule has 2 amide bonds. The Balaban J connectivity index is -0.000000107. The first-order chi connectivity index (χ1) is 16.8. The largest absolute Gasteiger partial charge is 0.388 e. The van der Waals surface area contributed by atoms with Gasteiger partial charge in [0.25, 0.3) is 0 Å². The molecule has 2 fully saturated rings. The number of hydrogen-bond donors (Lipinski definition) is 2. The Morgan fingerprint density at radius 2 is 1.19 bits per heavy atom. The highest BCUT2D eigenvalue weighted by atomic mass is 32.2. The fourth-order valence-corrected chi connectivity index (χ4v) is 1.05. The summed E-state index contributed by atoms with van der Waals surface area (Å²) >= 11 is 0. The van der Waals surface area contributed by atoms with Crippen molar-refractivity contribution in [2.24, 2.45) is 23.5 Å². The van der Waals surface area contributed by atoms with Crippen molar-refractivity contribution in [1.82, 2.24) is 5.32 Å². The number of hydrogen-bond acceptors (Lipinski definition) is 6. The van der Waals surface area contributed by atoms with Gasteiger partial charge in [0.15, 0.2) is 0 Å². The summed E-state index contributed by atoms with van der Waals surface area (Å²) in [6, 6.07) is 10.3. The van der Waals surface area contributed by atoms with E-state index in [1.165, 1.54) is 32.3 Å². The average Bonchev–Trinajstić information content (AvgIpc) is 3.49. The molecule has 1 aromatic rings. The van der Waals surface area contributed by atoms with Gasteiger partial charge >= 0.3 is 0 Å². The lowest BCUT2D eigenvalue weighted by atomic mass is 10.2. The van der Waals surface area contributed by atoms with Gasteiger partial charge in [0.05, 0.1) is 13.2 Å². The lowest BCUT2D eigenvalue weighted by Gasteiger charge is -2.20. The van der Waals surface area contributed by atoms with Crippen molar-refractivity contribution in [3.05, 3.63) is 35.9 Å². The maximum absolute atomic E-state index is 9.70. The molecule has 3 rings (SSSR count). The maximum atomic E-state index is 9.70. The lowest BCUT2D eigenvalue weighted by Crippen LogP contribution is -2.23. The van der Waals surface area contributed by atoms with Crippen molar-refractivity contribution in [2.75, 3.05) is 47.0 Å². The molecule has 2 aliphatic rings. The number of amides is 2. The molecule has 1 aliphatic heterocycles. The SMILES string of the molecule is CC(C)C.CC(N)=O.CC1CC1.CC1COC1.CNC(C)=O.COC.CS(C)(=O)=O.Cc1ccccc1. The molecule has 8 nitrogen and oxygen atoms in total. The third-order valence-corrected chi connectivity index (χ3v) is 2.96. The molecular weight excluding hydrogens is 492 g/mol. The Hall–Kier alpha value is -1.97. The topological polar surface area (TPSA) is 125 Å². The van der Waals surface area contributed by atoms with Crippen LogP contribution in [0.4, 0.5) is 0 Å². The first-order valence-corrected chi connectivity index (χ1v) is 14.7. The third kappa shape index (κ3) is 120. The van der Waals surface area contributed by atoms with Crippen molar-refractivity contribution in [2.45, 2.75) is 68.2 Å². The van der Waals surface area contributed by atoms with Gasteiger partial charge in [0, 0.05) is 53.5 Å². The number of sulfone groups is 1. The molecular formula is C28H58N2O6S. The molecule has 0 radical (unpaired) electrons. The number of rotatable bonds is 0. The van der Waals surface area contributed by atoms with Crippen LogP contribution >= 0.6 is 0 Å². The quantitative estimate of drug-likeness (QED) is 0.474. The summed E-state index contributed by atoms with van der Waals surface area (Å²) in [5, 5.41) is 2.39. The average molecular weight is 551 g/mol. The lowest BCUT2D eigenvalue weighted by molar-refractivity contribution is -0.118. The van der Waals surface area contributed by atoms with E-state index in [1.54, 1.807) is 21.3 Å². The Bertz CT molecular complexity index is 688. The van der Waals surface area contributed by atoms with Crippen LogP contribution in [0.15, 0.2) is 30.3 Å². The summed E-state index contributed by atoms with van der Waals surface area (Å²) in [7, 11) is 2.18. The Labute approximate surface area is 229 Å². The highest BCUT2D eigenvalue weighted by Gasteiger charge is 2.12. The number of carbonyl (C=O) groups is 2. The van der Waals surface area contributed by atoms with Gasteiger partial charge in [-0.2, -0.15) is 0 Å². The number of carbonyl (C=O) groups excluding carboxylic acids is 2. The summed E-state index contributed by atoms with van der Waals surface area (Å²) in [6.07, 6.45) is 5.29. The zero-order valence-corrected chi connectivity index (χ0v) is 26.7. The zero-order chi connectivity index (χ0) is 30.4. The van der Waals surface area contributed by atoms with Crippen LogP contribution in [0.25, 0.3) is 0 Å². The number of methoxy groups -OCH3 is 1. The smallest absolute Gasteiger partial charge is 0.216 e. The number of primary amides is 1. The second kappa shape index (κ2) is 32.1. The highest BCUT2D eigenvalue weighted by Crippen LogP contribution is 2.26. The molecule has 0 bridgehead atoms. The fraction of sp³-hybridized carbons (Fsp3) is 0.714. The molecule has 1 aliphatic carbocycles. The van der Waals surface area contributed by atoms with Crippen molar-refractivity contribution in [3.8, 4) is 0 Å². The van der Waals surface area contributed by atoms with Gasteiger partial charge in [-0.3, -0.25) is 9.59 Å². The van der Waals surface area contributed by atoms with Gasteiger partial charge in [-0.1, -0.05) is 83.4 Å². The molecule has 1 saturated carbocycles. The van der Waals surface area contributed by atoms with Crippen molar-refractivity contribution < 1.29 is 27.5 Å². The molecule has 1 saturated heterocycles. The number of benzene rings is 1. The first-order valence-electron chi connectivity index (χ1n) is 12.4. The number of ether oxygens (including phenoxy) is 2. The molecule has 0 atom stereocenters. The molecule has 3 N–H and O–H groups in total. The molecule has 1 heterocycles. The molecule has 0 unspecified atom stereocenters. The predicted molar refractivity (Wildman–Crippen MR) is 158 cm³/mol. The molecule has 0 spiro atoms. The fourth-order valence-electron chi connectivity index (χ4n) is 1.05. The molecule has 37 heavy (non-hydrogen) atoms. The van der Waals surface area contributed by atoms with Crippen LogP contribution in [0.1, 0.15) is 66.9 Å². The van der Waals surface area contributed by atoms with Crippen molar-refractivity contribution >= 4 is 21.7 Å². The Morgan fingerprint density at radius 1 is 0.973 bits per heavy atom. The minimum atomic E-state index is -2.67. The Kier molecular flexibility index (Phi) is 39.0. The van der Waals surface area contributed by atoms with Gasteiger partial charge in [-0.15, -0.1) is 0 Å². The molecule has 9 heteroatoms. The van der Waals surface area contributed by atoms with Crippen LogP contribution in [-0.2, 0) is 28.9 Å². The minimum absolute atomic E-state index is 0.00463. The van der Waals surface area contributed by atoms with E-state index in [-0.39, 0.29) is 11.8 Å². The standard InChI is InChI=1S/C7H8.C4H8O.C4H8.C4H10.C3H7NO.C2H5NO.C2H6O2S.C2H6O/c1-7-5-3-2-4-6-7;1-4-2-5-3-4;1-4-2-3-4;1-4(2)3;1-3(5)4-2;1-2(3)4;1-5(2,3)4;1-3-2/h2-6H,1H3;4H,2-3H2,1H3;4H,2-3H2,1H3;4H,1-3H3;1-2H3,(H,4,5);1H3,(H2,3,4);1-2H3;1-2H3. The van der Waals surface area contributed by atoms with E-state index in [9.17, 15) is 18.0 Å². The molecule has 222 valence electrons. The second-order valence-electron chi connectivity index (χ2n) is 9.68. The number of aryl methyl sites for hydroxylation is 1. The van der Waals surface area contributed by atoms with Crippen LogP contribution in [0.2, 0.25) is 0 Å². The van der Waals surface area contributed by atoms with Gasteiger partial charge in [-0.25, -0.2) is 8.42 Å². The maximum Gasteiger partial charge on any atom is 0.216 e. The summed E-state index contributed by atoms with van der Waals surface area (Å²) in [6.45, 7) is 17.8. The van der Waals surface area contributed by atoms with E-state index in [2.05, 4.69) is 69.5 Å². The van der Waals surface area contributed by atoms with Crippen LogP contribution in [0.5, 0.6) is 0 Å². The number of nitrogens with one attached hydrogen (secondary N) is 1. The van der Waals surface area contributed by atoms with Gasteiger partial charge in [0.1, 0.15) is 9.84 Å². The number of nitrogens with two attached hydrogens (primary N) is 1. The summed E-state index contributed by atoms with van der Waals surface area (Å²) in [5.74, 6) is 2.43. The van der Waals surface area contributed by atoms with Crippen molar-refractivity contribution in [1.29, 1.82) is 0 Å². The van der Waals surface area contributed by atoms with Gasteiger partial charge in [-0.05, 0) is 18.8 Å². The second-order valence-corrected chi connectivity index (χ2v) is 12.0. The summed E-state index contributed by atoms with van der Waals surface area (Å²) < 4.78 is 28.3. The van der Waals surface area contributed by atoms with Crippen LogP contribution in [0.3, 0.4) is 0 Å². The van der Waals surface area contributed by atoms with E-state index in [1.807, 2.05) is 18.2 Å². The Morgan fingerprint density at radius 3 is 1.24 bits per heavy atom. The van der Waals surface area contributed by atoms with Crippen LogP contribution in [-0.4, -0.2) is 67.2 Å². The van der Waals surface area contributed by atoms with E-state index < -0.39 is 9.84 Å². The third-order valence-electron chi connectivity index (χ3n) is 2.96. The zero-order valence-electron chi connectivity index (χ0n) is 25.9. The van der Waals surface area contributed by atoms with Gasteiger partial charge < -0.3 is 20.5 Å². The van der Waals surface area contributed by atoms with Crippen molar-refractivity contribution in [3.63, 3.8) is 0 Å². The van der Waals surface area contributed by atoms with Crippen LogP contribution in [0, 0.1) is 24.7 Å². The molecule has 0 aromatic heterocycles. The van der Waals surface area contributed by atoms with E-state index in [4.69, 9.17) is 4.74 Å². The normalized spacial score (nSPS) is 12.6.